The van der Waals surface area contributed by atoms with Crippen molar-refractivity contribution in [1.82, 2.24) is 20.2 Å². The standard InChI is InChI=1S/C13H20F3N9S/c14-13(15,16)7-20-10(18)23-12-21-8(6-26-12)3-1-2-4-19-11-22-9(5-17)24-25-11/h6H,1-5,7,17H2,(H3,18,20,21,23)(H2,19,22,24,25). The van der Waals surface area contributed by atoms with E-state index < -0.39 is 12.7 Å². The number of hydrogen-bond donors (Lipinski definition) is 5. The normalized spacial score (nSPS) is 12.4. The van der Waals surface area contributed by atoms with Crippen molar-refractivity contribution in [3.63, 3.8) is 0 Å². The topological polar surface area (TPSA) is 143 Å². The summed E-state index contributed by atoms with van der Waals surface area (Å²) in [7, 11) is 0. The number of nitrogens with one attached hydrogen (secondary N) is 3. The predicted molar refractivity (Wildman–Crippen MR) is 94.0 cm³/mol. The number of rotatable bonds is 9. The van der Waals surface area contributed by atoms with E-state index in [0.29, 0.717) is 23.4 Å². The summed E-state index contributed by atoms with van der Waals surface area (Å²) in [5, 5.41) is 14.6. The fourth-order valence-electron chi connectivity index (χ4n) is 1.91. The maximum atomic E-state index is 12.1. The van der Waals surface area contributed by atoms with Gasteiger partial charge in [0.1, 0.15) is 6.54 Å². The van der Waals surface area contributed by atoms with Crippen LogP contribution in [0.2, 0.25) is 0 Å². The number of nitrogens with zero attached hydrogens (tertiary/aromatic N) is 4. The van der Waals surface area contributed by atoms with Crippen LogP contribution in [-0.4, -0.2) is 45.4 Å². The zero-order valence-electron chi connectivity index (χ0n) is 13.8. The lowest BCUT2D eigenvalue weighted by Crippen LogP contribution is -2.25. The van der Waals surface area contributed by atoms with Gasteiger partial charge in [-0.15, -0.1) is 11.3 Å². The second kappa shape index (κ2) is 9.33. The largest absolute Gasteiger partial charge is 0.408 e. The summed E-state index contributed by atoms with van der Waals surface area (Å²) in [6, 6.07) is 0. The van der Waals surface area contributed by atoms with Crippen LogP contribution >= 0.6 is 11.3 Å². The number of thiazole rings is 1. The van der Waals surface area contributed by atoms with Gasteiger partial charge in [-0.2, -0.15) is 23.3 Å². The van der Waals surface area contributed by atoms with Gasteiger partial charge in [0.15, 0.2) is 16.9 Å². The molecule has 0 radical (unpaired) electrons. The average molecular weight is 391 g/mol. The summed E-state index contributed by atoms with van der Waals surface area (Å²) in [5.41, 5.74) is 11.7. The van der Waals surface area contributed by atoms with Crippen molar-refractivity contribution < 1.29 is 13.2 Å². The number of guanidine groups is 1. The van der Waals surface area contributed by atoms with E-state index in [9.17, 15) is 13.2 Å². The van der Waals surface area contributed by atoms with Gasteiger partial charge in [0, 0.05) is 11.9 Å². The molecule has 144 valence electrons. The summed E-state index contributed by atoms with van der Waals surface area (Å²) in [5.74, 6) is 0.823. The number of alkyl halides is 3. The smallest absolute Gasteiger partial charge is 0.370 e. The third-order valence-corrected chi connectivity index (χ3v) is 3.89. The molecular weight excluding hydrogens is 371 g/mol. The van der Waals surface area contributed by atoms with Crippen LogP contribution in [-0.2, 0) is 13.0 Å². The van der Waals surface area contributed by atoms with E-state index in [4.69, 9.17) is 11.5 Å². The Morgan fingerprint density at radius 3 is 2.81 bits per heavy atom. The van der Waals surface area contributed by atoms with Crippen molar-refractivity contribution in [3.05, 3.63) is 16.9 Å². The van der Waals surface area contributed by atoms with Gasteiger partial charge in [-0.3, -0.25) is 0 Å². The molecule has 7 N–H and O–H groups in total. The van der Waals surface area contributed by atoms with Crippen LogP contribution in [0.25, 0.3) is 0 Å². The third kappa shape index (κ3) is 7.23. The first-order valence-corrected chi connectivity index (χ1v) is 8.67. The Kier molecular flexibility index (Phi) is 7.15. The van der Waals surface area contributed by atoms with Gasteiger partial charge in [0.05, 0.1) is 12.2 Å². The van der Waals surface area contributed by atoms with E-state index in [2.05, 4.69) is 35.8 Å². The molecule has 0 saturated carbocycles. The maximum absolute atomic E-state index is 12.1. The van der Waals surface area contributed by atoms with Crippen LogP contribution in [0.1, 0.15) is 24.4 Å². The minimum atomic E-state index is -4.38. The molecule has 0 spiro atoms. The number of aromatic nitrogens is 4. The summed E-state index contributed by atoms with van der Waals surface area (Å²) < 4.78 is 36.2. The number of H-pyrrole nitrogens is 1. The molecule has 0 aliphatic carbocycles. The van der Waals surface area contributed by atoms with Gasteiger partial charge >= 0.3 is 6.18 Å². The van der Waals surface area contributed by atoms with Crippen LogP contribution in [0.15, 0.2) is 10.4 Å². The van der Waals surface area contributed by atoms with Gasteiger partial charge < -0.3 is 22.1 Å². The molecule has 2 aromatic rings. The fraction of sp³-hybridized carbons (Fsp3) is 0.538. The van der Waals surface area contributed by atoms with Crippen molar-refractivity contribution >= 4 is 28.4 Å². The number of hydrogen-bond acceptors (Lipinski definition) is 7. The Bertz CT molecular complexity index is 710. The lowest BCUT2D eigenvalue weighted by molar-refractivity contribution is -0.118. The molecule has 0 aliphatic heterocycles. The van der Waals surface area contributed by atoms with E-state index in [1.165, 1.54) is 11.3 Å². The number of anilines is 2. The van der Waals surface area contributed by atoms with E-state index in [-0.39, 0.29) is 12.5 Å². The first-order chi connectivity index (χ1) is 12.4. The van der Waals surface area contributed by atoms with Crippen molar-refractivity contribution in [2.45, 2.75) is 32.0 Å². The minimum Gasteiger partial charge on any atom is -0.370 e. The van der Waals surface area contributed by atoms with Crippen molar-refractivity contribution in [1.29, 1.82) is 0 Å². The number of halogens is 3. The first kappa shape index (κ1) is 19.9. The van der Waals surface area contributed by atoms with E-state index in [0.717, 1.165) is 25.0 Å². The number of nitrogens with two attached hydrogens (primary N) is 2. The second-order valence-corrected chi connectivity index (χ2v) is 6.13. The molecular formula is C13H20F3N9S. The average Bonchev–Trinajstić information content (AvgIpc) is 3.21. The molecule has 0 unspecified atom stereocenters. The van der Waals surface area contributed by atoms with Crippen LogP contribution in [0.4, 0.5) is 24.3 Å². The molecule has 0 saturated heterocycles. The highest BCUT2D eigenvalue weighted by atomic mass is 32.1. The molecule has 13 heteroatoms. The Hall–Kier alpha value is -2.41. The summed E-state index contributed by atoms with van der Waals surface area (Å²) in [6.07, 6.45) is -1.88. The van der Waals surface area contributed by atoms with Crippen molar-refractivity contribution in [2.75, 3.05) is 23.7 Å². The van der Waals surface area contributed by atoms with Gasteiger partial charge in [-0.1, -0.05) is 0 Å². The third-order valence-electron chi connectivity index (χ3n) is 3.08. The Morgan fingerprint density at radius 2 is 2.12 bits per heavy atom. The zero-order valence-corrected chi connectivity index (χ0v) is 14.6. The number of aliphatic imine (C=N–C) groups is 1. The number of unbranched alkanes of at least 4 members (excludes halogenated alkanes) is 1. The lowest BCUT2D eigenvalue weighted by atomic mass is 10.2. The van der Waals surface area contributed by atoms with Gasteiger partial charge in [0.2, 0.25) is 5.95 Å². The Labute approximate surface area is 151 Å². The van der Waals surface area contributed by atoms with Crippen LogP contribution < -0.4 is 22.1 Å². The van der Waals surface area contributed by atoms with Gasteiger partial charge in [-0.05, 0) is 19.3 Å². The quantitative estimate of drug-likeness (QED) is 0.247. The summed E-state index contributed by atoms with van der Waals surface area (Å²) in [6.45, 7) is -0.329. The number of aryl methyl sites for hydroxylation is 1. The molecule has 2 heterocycles. The monoisotopic (exact) mass is 391 g/mol. The molecule has 0 fully saturated rings. The molecule has 0 aliphatic rings. The second-order valence-electron chi connectivity index (χ2n) is 5.27. The van der Waals surface area contributed by atoms with E-state index in [1.54, 1.807) is 0 Å². The molecule has 2 aromatic heterocycles. The SMILES string of the molecule is NCc1n[nH]c(NCCCCc2csc(NC(N)=NCC(F)(F)F)n2)n1. The lowest BCUT2D eigenvalue weighted by Gasteiger charge is -2.04. The molecule has 9 nitrogen and oxygen atoms in total. The molecule has 26 heavy (non-hydrogen) atoms. The van der Waals surface area contributed by atoms with Crippen molar-refractivity contribution in [2.24, 2.45) is 16.5 Å². The highest BCUT2D eigenvalue weighted by Crippen LogP contribution is 2.17. The minimum absolute atomic E-state index is 0.282. The first-order valence-electron chi connectivity index (χ1n) is 7.79. The van der Waals surface area contributed by atoms with E-state index in [1.807, 2.05) is 5.38 Å². The van der Waals surface area contributed by atoms with Gasteiger partial charge in [-0.25, -0.2) is 15.1 Å². The zero-order chi connectivity index (χ0) is 19.0. The predicted octanol–water partition coefficient (Wildman–Crippen LogP) is 1.44. The molecule has 0 atom stereocenters. The van der Waals surface area contributed by atoms with E-state index >= 15 is 0 Å². The molecule has 2 rings (SSSR count). The molecule has 0 amide bonds. The van der Waals surface area contributed by atoms with Gasteiger partial charge in [0.25, 0.3) is 0 Å². The number of aromatic amines is 1. The van der Waals surface area contributed by atoms with Crippen LogP contribution in [0.3, 0.4) is 0 Å². The fourth-order valence-corrected chi connectivity index (χ4v) is 2.66. The summed E-state index contributed by atoms with van der Waals surface area (Å²) in [4.78, 5) is 11.6. The Balaban J connectivity index is 1.66. The Morgan fingerprint density at radius 1 is 1.31 bits per heavy atom. The highest BCUT2D eigenvalue weighted by molar-refractivity contribution is 7.13. The molecule has 0 bridgehead atoms. The van der Waals surface area contributed by atoms with Crippen LogP contribution in [0, 0.1) is 0 Å². The highest BCUT2D eigenvalue weighted by Gasteiger charge is 2.26. The van der Waals surface area contributed by atoms with Crippen molar-refractivity contribution in [3.8, 4) is 0 Å². The van der Waals surface area contributed by atoms with Crippen LogP contribution in [0.5, 0.6) is 0 Å². The summed E-state index contributed by atoms with van der Waals surface area (Å²) >= 11 is 1.26. The molecule has 0 aromatic carbocycles. The maximum Gasteiger partial charge on any atom is 0.408 e.